The Hall–Kier alpha value is -0.940. The van der Waals surface area contributed by atoms with Gasteiger partial charge in [0.2, 0.25) is 5.91 Å². The van der Waals surface area contributed by atoms with E-state index in [1.165, 1.54) is 4.88 Å². The van der Waals surface area contributed by atoms with E-state index in [2.05, 4.69) is 10.3 Å². The summed E-state index contributed by atoms with van der Waals surface area (Å²) in [5.74, 6) is 0.275. The van der Waals surface area contributed by atoms with Gasteiger partial charge in [0.05, 0.1) is 10.7 Å². The minimum absolute atomic E-state index is 0.275. The quantitative estimate of drug-likeness (QED) is 0.878. The van der Waals surface area contributed by atoms with Crippen LogP contribution in [-0.4, -0.2) is 42.0 Å². The van der Waals surface area contributed by atoms with Crippen molar-refractivity contribution < 1.29 is 4.79 Å². The number of amides is 1. The summed E-state index contributed by atoms with van der Waals surface area (Å²) in [4.78, 5) is 19.6. The summed E-state index contributed by atoms with van der Waals surface area (Å²) < 4.78 is 0. The minimum Gasteiger partial charge on any atom is -0.340 e. The molecule has 1 aliphatic heterocycles. The Labute approximate surface area is 106 Å². The highest BCUT2D eigenvalue weighted by atomic mass is 32.1. The van der Waals surface area contributed by atoms with E-state index in [0.717, 1.165) is 43.3 Å². The van der Waals surface area contributed by atoms with E-state index in [-0.39, 0.29) is 5.91 Å². The van der Waals surface area contributed by atoms with Crippen molar-refractivity contribution >= 4 is 17.2 Å². The average Bonchev–Trinajstić information content (AvgIpc) is 2.66. The number of carbonyl (C=O) groups is 1. The van der Waals surface area contributed by atoms with Crippen molar-refractivity contribution in [2.75, 3.05) is 26.2 Å². The molecule has 0 unspecified atom stereocenters. The van der Waals surface area contributed by atoms with Crippen LogP contribution in [0.4, 0.5) is 0 Å². The molecular formula is C12H19N3OS. The first kappa shape index (κ1) is 12.5. The zero-order chi connectivity index (χ0) is 12.3. The second-order valence-corrected chi connectivity index (χ2v) is 5.66. The predicted octanol–water partition coefficient (Wildman–Crippen LogP) is 1.12. The van der Waals surface area contributed by atoms with E-state index >= 15 is 0 Å². The highest BCUT2D eigenvalue weighted by molar-refractivity contribution is 7.11. The lowest BCUT2D eigenvalue weighted by atomic mass is 10.2. The van der Waals surface area contributed by atoms with Crippen molar-refractivity contribution in [3.63, 3.8) is 0 Å². The van der Waals surface area contributed by atoms with Crippen molar-refractivity contribution in [3.8, 4) is 0 Å². The first-order valence-corrected chi connectivity index (χ1v) is 6.90. The van der Waals surface area contributed by atoms with Crippen LogP contribution in [0.3, 0.4) is 0 Å². The van der Waals surface area contributed by atoms with Crippen molar-refractivity contribution in [3.05, 3.63) is 15.6 Å². The third-order valence-corrected chi connectivity index (χ3v) is 4.17. The van der Waals surface area contributed by atoms with Crippen LogP contribution in [-0.2, 0) is 11.2 Å². The molecule has 1 saturated heterocycles. The molecule has 5 heteroatoms. The van der Waals surface area contributed by atoms with Crippen LogP contribution < -0.4 is 5.32 Å². The molecular weight excluding hydrogens is 234 g/mol. The molecule has 0 spiro atoms. The van der Waals surface area contributed by atoms with E-state index < -0.39 is 0 Å². The third-order valence-electron chi connectivity index (χ3n) is 3.04. The number of rotatable bonds is 3. The Bertz CT molecular complexity index is 396. The molecule has 0 radical (unpaired) electrons. The number of hydrogen-bond acceptors (Lipinski definition) is 4. The van der Waals surface area contributed by atoms with Crippen molar-refractivity contribution in [2.24, 2.45) is 0 Å². The topological polar surface area (TPSA) is 45.2 Å². The average molecular weight is 253 g/mol. The van der Waals surface area contributed by atoms with Crippen molar-refractivity contribution in [1.82, 2.24) is 15.2 Å². The molecule has 2 rings (SSSR count). The van der Waals surface area contributed by atoms with Gasteiger partial charge in [0, 0.05) is 37.5 Å². The van der Waals surface area contributed by atoms with Gasteiger partial charge in [-0.05, 0) is 20.3 Å². The molecule has 1 aromatic heterocycles. The number of thiazole rings is 1. The molecule has 4 nitrogen and oxygen atoms in total. The first-order chi connectivity index (χ1) is 8.16. The Morgan fingerprint density at radius 2 is 2.12 bits per heavy atom. The molecule has 1 fully saturated rings. The van der Waals surface area contributed by atoms with Gasteiger partial charge in [-0.3, -0.25) is 4.79 Å². The van der Waals surface area contributed by atoms with E-state index in [1.807, 2.05) is 18.7 Å². The largest absolute Gasteiger partial charge is 0.340 e. The summed E-state index contributed by atoms with van der Waals surface area (Å²) >= 11 is 1.71. The van der Waals surface area contributed by atoms with Gasteiger partial charge in [-0.25, -0.2) is 4.98 Å². The SMILES string of the molecule is Cc1nc(C)c(CCC(=O)N2CCNCC2)s1. The van der Waals surface area contributed by atoms with Gasteiger partial charge in [-0.1, -0.05) is 0 Å². The summed E-state index contributed by atoms with van der Waals surface area (Å²) in [5.41, 5.74) is 1.08. The van der Waals surface area contributed by atoms with E-state index in [4.69, 9.17) is 0 Å². The van der Waals surface area contributed by atoms with Gasteiger partial charge >= 0.3 is 0 Å². The fourth-order valence-electron chi connectivity index (χ4n) is 2.10. The summed E-state index contributed by atoms with van der Waals surface area (Å²) in [6.45, 7) is 7.57. The summed E-state index contributed by atoms with van der Waals surface area (Å²) in [6.07, 6.45) is 1.45. The number of nitrogens with one attached hydrogen (secondary N) is 1. The molecule has 17 heavy (non-hydrogen) atoms. The first-order valence-electron chi connectivity index (χ1n) is 6.08. The molecule has 1 N–H and O–H groups in total. The minimum atomic E-state index is 0.275. The molecule has 0 aromatic carbocycles. The Kier molecular flexibility index (Phi) is 4.12. The summed E-state index contributed by atoms with van der Waals surface area (Å²) in [6, 6.07) is 0. The molecule has 1 aliphatic rings. The van der Waals surface area contributed by atoms with Crippen LogP contribution in [0.2, 0.25) is 0 Å². The molecule has 1 amide bonds. The normalized spacial score (nSPS) is 16.2. The summed E-state index contributed by atoms with van der Waals surface area (Å²) in [7, 11) is 0. The molecule has 0 saturated carbocycles. The summed E-state index contributed by atoms with van der Waals surface area (Å²) in [5, 5.41) is 4.34. The zero-order valence-corrected chi connectivity index (χ0v) is 11.3. The highest BCUT2D eigenvalue weighted by Crippen LogP contribution is 2.19. The zero-order valence-electron chi connectivity index (χ0n) is 10.5. The number of aryl methyl sites for hydroxylation is 3. The molecule has 94 valence electrons. The maximum atomic E-state index is 12.0. The van der Waals surface area contributed by atoms with Gasteiger partial charge in [0.15, 0.2) is 0 Å². The number of piperazine rings is 1. The lowest BCUT2D eigenvalue weighted by Crippen LogP contribution is -2.46. The molecule has 0 atom stereocenters. The van der Waals surface area contributed by atoms with Crippen LogP contribution in [0.25, 0.3) is 0 Å². The lowest BCUT2D eigenvalue weighted by molar-refractivity contribution is -0.131. The Morgan fingerprint density at radius 1 is 1.41 bits per heavy atom. The third kappa shape index (κ3) is 3.26. The van der Waals surface area contributed by atoms with Gasteiger partial charge in [-0.2, -0.15) is 0 Å². The second-order valence-electron chi connectivity index (χ2n) is 4.37. The maximum Gasteiger partial charge on any atom is 0.223 e. The van der Waals surface area contributed by atoms with Crippen LogP contribution in [0, 0.1) is 13.8 Å². The number of hydrogen-bond donors (Lipinski definition) is 1. The monoisotopic (exact) mass is 253 g/mol. The van der Waals surface area contributed by atoms with Gasteiger partial charge in [0.1, 0.15) is 0 Å². The molecule has 0 bridgehead atoms. The van der Waals surface area contributed by atoms with E-state index in [1.54, 1.807) is 11.3 Å². The Morgan fingerprint density at radius 3 is 2.71 bits per heavy atom. The Balaban J connectivity index is 1.85. The van der Waals surface area contributed by atoms with Gasteiger partial charge in [0.25, 0.3) is 0 Å². The van der Waals surface area contributed by atoms with Gasteiger partial charge in [-0.15, -0.1) is 11.3 Å². The fraction of sp³-hybridized carbons (Fsp3) is 0.667. The van der Waals surface area contributed by atoms with Gasteiger partial charge < -0.3 is 10.2 Å². The van der Waals surface area contributed by atoms with Crippen LogP contribution >= 0.6 is 11.3 Å². The standard InChI is InChI=1S/C12H19N3OS/c1-9-11(17-10(2)14-9)3-4-12(16)15-7-5-13-6-8-15/h13H,3-8H2,1-2H3. The highest BCUT2D eigenvalue weighted by Gasteiger charge is 2.16. The predicted molar refractivity (Wildman–Crippen MR) is 69.4 cm³/mol. The van der Waals surface area contributed by atoms with Crippen LogP contribution in [0.5, 0.6) is 0 Å². The smallest absolute Gasteiger partial charge is 0.223 e. The molecule has 0 aliphatic carbocycles. The van der Waals surface area contributed by atoms with Crippen LogP contribution in [0.1, 0.15) is 22.0 Å². The van der Waals surface area contributed by atoms with Crippen molar-refractivity contribution in [1.29, 1.82) is 0 Å². The lowest BCUT2D eigenvalue weighted by Gasteiger charge is -2.27. The number of nitrogens with zero attached hydrogens (tertiary/aromatic N) is 2. The van der Waals surface area contributed by atoms with Crippen LogP contribution in [0.15, 0.2) is 0 Å². The molecule has 1 aromatic rings. The van der Waals surface area contributed by atoms with E-state index in [9.17, 15) is 4.79 Å². The molecule has 2 heterocycles. The number of aromatic nitrogens is 1. The van der Waals surface area contributed by atoms with Crippen molar-refractivity contribution in [2.45, 2.75) is 26.7 Å². The number of carbonyl (C=O) groups excluding carboxylic acids is 1. The fourth-order valence-corrected chi connectivity index (χ4v) is 3.03. The second kappa shape index (κ2) is 5.60. The maximum absolute atomic E-state index is 12.0. The van der Waals surface area contributed by atoms with E-state index in [0.29, 0.717) is 6.42 Å².